The molecule has 0 atom stereocenters. The highest BCUT2D eigenvalue weighted by molar-refractivity contribution is 9.10. The van der Waals surface area contributed by atoms with E-state index in [1.54, 1.807) is 12.1 Å². The average Bonchev–Trinajstić information content (AvgIpc) is 2.70. The molecule has 28 heavy (non-hydrogen) atoms. The Morgan fingerprint density at radius 1 is 1.11 bits per heavy atom. The van der Waals surface area contributed by atoms with Crippen molar-refractivity contribution in [2.75, 3.05) is 5.32 Å². The van der Waals surface area contributed by atoms with Crippen LogP contribution < -0.4 is 5.32 Å². The molecule has 0 fully saturated rings. The molecule has 138 valence electrons. The van der Waals surface area contributed by atoms with Crippen molar-refractivity contribution >= 4 is 44.6 Å². The topological polar surface area (TPSA) is 114 Å². The van der Waals surface area contributed by atoms with Crippen LogP contribution in [-0.2, 0) is 0 Å². The van der Waals surface area contributed by atoms with Gasteiger partial charge in [0.2, 0.25) is 0 Å². The fourth-order valence-electron chi connectivity index (χ4n) is 2.54. The van der Waals surface area contributed by atoms with E-state index in [2.05, 4.69) is 46.2 Å². The molecule has 0 saturated heterocycles. The fourth-order valence-corrected chi connectivity index (χ4v) is 2.90. The quantitative estimate of drug-likeness (QED) is 0.492. The summed E-state index contributed by atoms with van der Waals surface area (Å²) in [6.45, 7) is 0. The number of fused-ring (bicyclic) bond motifs is 1. The Labute approximate surface area is 165 Å². The van der Waals surface area contributed by atoms with E-state index < -0.39 is 11.8 Å². The number of hydrogen-bond donors (Lipinski definition) is 2. The van der Waals surface area contributed by atoms with E-state index in [4.69, 9.17) is 0 Å². The van der Waals surface area contributed by atoms with Gasteiger partial charge in [-0.1, -0.05) is 15.9 Å². The minimum absolute atomic E-state index is 0.0478. The van der Waals surface area contributed by atoms with Crippen molar-refractivity contribution in [3.8, 4) is 11.4 Å². The molecule has 1 aromatic carbocycles. The van der Waals surface area contributed by atoms with Gasteiger partial charge in [-0.05, 0) is 24.3 Å². The van der Waals surface area contributed by atoms with Crippen molar-refractivity contribution in [1.29, 1.82) is 0 Å². The highest BCUT2D eigenvalue weighted by Gasteiger charge is 2.17. The lowest BCUT2D eigenvalue weighted by Gasteiger charge is -2.12. The number of nitrogens with zero attached hydrogens (tertiary/aromatic N) is 5. The SMILES string of the molecule is O=C(O)c1cnccc1Nc1nc(-c2cc(Br)ccc2F)nc2nccnc12. The van der Waals surface area contributed by atoms with Gasteiger partial charge in [0, 0.05) is 29.3 Å². The van der Waals surface area contributed by atoms with Crippen LogP contribution in [0.15, 0.2) is 53.5 Å². The van der Waals surface area contributed by atoms with Gasteiger partial charge in [-0.2, -0.15) is 0 Å². The van der Waals surface area contributed by atoms with Crippen LogP contribution in [0.25, 0.3) is 22.6 Å². The Morgan fingerprint density at radius 2 is 1.93 bits per heavy atom. The largest absolute Gasteiger partial charge is 0.478 e. The molecule has 0 amide bonds. The molecule has 0 radical (unpaired) electrons. The van der Waals surface area contributed by atoms with E-state index in [-0.39, 0.29) is 34.1 Å². The van der Waals surface area contributed by atoms with Crippen LogP contribution in [0.2, 0.25) is 0 Å². The van der Waals surface area contributed by atoms with Crippen molar-refractivity contribution in [2.24, 2.45) is 0 Å². The van der Waals surface area contributed by atoms with Crippen molar-refractivity contribution in [2.45, 2.75) is 0 Å². The summed E-state index contributed by atoms with van der Waals surface area (Å²) in [4.78, 5) is 32.3. The Morgan fingerprint density at radius 3 is 2.75 bits per heavy atom. The Hall–Kier alpha value is -3.53. The number of benzene rings is 1. The second-order valence-electron chi connectivity index (χ2n) is 5.60. The van der Waals surface area contributed by atoms with Gasteiger partial charge in [0.05, 0.1) is 11.3 Å². The van der Waals surface area contributed by atoms with E-state index in [1.165, 1.54) is 36.9 Å². The first-order valence-corrected chi connectivity index (χ1v) is 8.71. The summed E-state index contributed by atoms with van der Waals surface area (Å²) in [6, 6.07) is 5.90. The molecule has 8 nitrogen and oxygen atoms in total. The second-order valence-corrected chi connectivity index (χ2v) is 6.52. The number of pyridine rings is 1. The lowest BCUT2D eigenvalue weighted by Crippen LogP contribution is -2.06. The molecule has 0 saturated carbocycles. The summed E-state index contributed by atoms with van der Waals surface area (Å²) in [5, 5.41) is 12.3. The molecule has 10 heteroatoms. The van der Waals surface area contributed by atoms with Gasteiger partial charge in [0.25, 0.3) is 0 Å². The van der Waals surface area contributed by atoms with Crippen LogP contribution in [-0.4, -0.2) is 36.0 Å². The third-order valence-electron chi connectivity index (χ3n) is 3.81. The summed E-state index contributed by atoms with van der Waals surface area (Å²) in [7, 11) is 0. The molecule has 3 aromatic heterocycles. The van der Waals surface area contributed by atoms with Gasteiger partial charge in [-0.15, -0.1) is 0 Å². The predicted molar refractivity (Wildman–Crippen MR) is 103 cm³/mol. The number of rotatable bonds is 4. The average molecular weight is 441 g/mol. The molecule has 0 bridgehead atoms. The number of hydrogen-bond acceptors (Lipinski definition) is 7. The standard InChI is InChI=1S/C18H10BrFN6O2/c19-9-1-2-12(20)10(7-9)15-25-16-14(22-5-6-23-16)17(26-15)24-13-3-4-21-8-11(13)18(27)28/h1-8H,(H,27,28)(H,21,23,24,25,26). The Bertz CT molecular complexity index is 1220. The van der Waals surface area contributed by atoms with Gasteiger partial charge >= 0.3 is 5.97 Å². The predicted octanol–water partition coefficient (Wildman–Crippen LogP) is 3.83. The molecular formula is C18H10BrFN6O2. The number of aromatic carboxylic acids is 1. The highest BCUT2D eigenvalue weighted by atomic mass is 79.9. The fraction of sp³-hybridized carbons (Fsp3) is 0. The van der Waals surface area contributed by atoms with E-state index in [0.717, 1.165) is 0 Å². The van der Waals surface area contributed by atoms with Crippen LogP contribution >= 0.6 is 15.9 Å². The Kier molecular flexibility index (Phi) is 4.62. The van der Waals surface area contributed by atoms with Crippen LogP contribution in [0.3, 0.4) is 0 Å². The molecule has 4 aromatic rings. The van der Waals surface area contributed by atoms with E-state index in [0.29, 0.717) is 9.99 Å². The molecule has 2 N–H and O–H groups in total. The number of anilines is 2. The van der Waals surface area contributed by atoms with Crippen LogP contribution in [0.5, 0.6) is 0 Å². The van der Waals surface area contributed by atoms with Crippen molar-refractivity contribution < 1.29 is 14.3 Å². The lowest BCUT2D eigenvalue weighted by atomic mass is 10.2. The van der Waals surface area contributed by atoms with Gasteiger partial charge < -0.3 is 10.4 Å². The van der Waals surface area contributed by atoms with E-state index in [1.807, 2.05) is 0 Å². The van der Waals surface area contributed by atoms with E-state index in [9.17, 15) is 14.3 Å². The molecule has 3 heterocycles. The molecule has 0 aliphatic heterocycles. The lowest BCUT2D eigenvalue weighted by molar-refractivity contribution is 0.0697. The van der Waals surface area contributed by atoms with Crippen molar-refractivity contribution in [3.05, 3.63) is 64.9 Å². The van der Waals surface area contributed by atoms with Gasteiger partial charge in [-0.3, -0.25) is 4.98 Å². The number of nitrogens with one attached hydrogen (secondary N) is 1. The van der Waals surface area contributed by atoms with Crippen LogP contribution in [0.1, 0.15) is 10.4 Å². The van der Waals surface area contributed by atoms with Gasteiger partial charge in [-0.25, -0.2) is 29.1 Å². The third-order valence-corrected chi connectivity index (χ3v) is 4.30. The minimum atomic E-state index is -1.15. The molecule has 0 unspecified atom stereocenters. The maximum atomic E-state index is 14.3. The monoisotopic (exact) mass is 440 g/mol. The smallest absolute Gasteiger partial charge is 0.339 e. The number of carbonyl (C=O) groups is 1. The maximum absolute atomic E-state index is 14.3. The molecule has 4 rings (SSSR count). The molecule has 0 aliphatic carbocycles. The minimum Gasteiger partial charge on any atom is -0.478 e. The molecule has 0 aliphatic rings. The second kappa shape index (κ2) is 7.24. The summed E-state index contributed by atoms with van der Waals surface area (Å²) >= 11 is 3.30. The normalized spacial score (nSPS) is 10.8. The summed E-state index contributed by atoms with van der Waals surface area (Å²) in [5.74, 6) is -1.38. The van der Waals surface area contributed by atoms with E-state index >= 15 is 0 Å². The summed E-state index contributed by atoms with van der Waals surface area (Å²) < 4.78 is 15.0. The number of carboxylic acid groups (broad SMARTS) is 1. The van der Waals surface area contributed by atoms with Crippen molar-refractivity contribution in [1.82, 2.24) is 24.9 Å². The van der Waals surface area contributed by atoms with Gasteiger partial charge in [0.15, 0.2) is 22.8 Å². The van der Waals surface area contributed by atoms with Crippen molar-refractivity contribution in [3.63, 3.8) is 0 Å². The molecule has 0 spiro atoms. The number of halogens is 2. The van der Waals surface area contributed by atoms with Crippen LogP contribution in [0.4, 0.5) is 15.9 Å². The molecular weight excluding hydrogens is 431 g/mol. The first kappa shape index (κ1) is 17.9. The zero-order chi connectivity index (χ0) is 19.7. The zero-order valence-electron chi connectivity index (χ0n) is 14.0. The number of aromatic nitrogens is 5. The summed E-state index contributed by atoms with van der Waals surface area (Å²) in [5.41, 5.74) is 0.926. The Balaban J connectivity index is 1.91. The summed E-state index contributed by atoms with van der Waals surface area (Å²) in [6.07, 6.45) is 5.57. The maximum Gasteiger partial charge on any atom is 0.339 e. The van der Waals surface area contributed by atoms with Crippen LogP contribution in [0, 0.1) is 5.82 Å². The number of carboxylic acids is 1. The zero-order valence-corrected chi connectivity index (χ0v) is 15.6. The highest BCUT2D eigenvalue weighted by Crippen LogP contribution is 2.29. The third kappa shape index (κ3) is 3.37. The first-order valence-electron chi connectivity index (χ1n) is 7.91. The van der Waals surface area contributed by atoms with Gasteiger partial charge in [0.1, 0.15) is 11.4 Å². The first-order chi connectivity index (χ1) is 13.5.